The lowest BCUT2D eigenvalue weighted by molar-refractivity contribution is -0.123. The van der Waals surface area contributed by atoms with Crippen molar-refractivity contribution in [2.24, 2.45) is 35.5 Å². The molecule has 0 spiro atoms. The van der Waals surface area contributed by atoms with Crippen LogP contribution in [0.5, 0.6) is 0 Å². The van der Waals surface area contributed by atoms with E-state index in [1.807, 2.05) is 6.07 Å². The monoisotopic (exact) mass is 509 g/mol. The van der Waals surface area contributed by atoms with E-state index < -0.39 is 25.9 Å². The smallest absolute Gasteiger partial charge is 0.237 e. The Labute approximate surface area is 197 Å². The highest BCUT2D eigenvalue weighted by atomic mass is 35.5. The van der Waals surface area contributed by atoms with Crippen LogP contribution < -0.4 is 4.90 Å². The molecule has 9 heteroatoms. The highest BCUT2D eigenvalue weighted by Crippen LogP contribution is 2.84. The molecule has 8 atom stereocenters. The number of carbonyl (C=O) groups is 2. The maximum Gasteiger partial charge on any atom is 0.237 e. The highest BCUT2D eigenvalue weighted by molar-refractivity contribution is 6.65. The Bertz CT molecular complexity index is 969. The zero-order valence-corrected chi connectivity index (χ0v) is 19.1. The Balaban J connectivity index is 1.49. The molecule has 29 heavy (non-hydrogen) atoms. The Hall–Kier alpha value is -0.160. The quantitative estimate of drug-likeness (QED) is 0.283. The van der Waals surface area contributed by atoms with Gasteiger partial charge in [-0.05, 0) is 42.2 Å². The van der Waals surface area contributed by atoms with Crippen LogP contribution in [0.2, 0.25) is 0 Å². The molecule has 1 heterocycles. The van der Waals surface area contributed by atoms with Gasteiger partial charge in [-0.2, -0.15) is 0 Å². The summed E-state index contributed by atoms with van der Waals surface area (Å²) in [6, 6.07) is 8.95. The first kappa shape index (κ1) is 19.5. The van der Waals surface area contributed by atoms with Gasteiger partial charge >= 0.3 is 0 Å². The number of hydrogen-bond donors (Lipinski definition) is 0. The third kappa shape index (κ3) is 1.79. The first-order chi connectivity index (χ1) is 13.6. The molecule has 6 rings (SSSR count). The average molecular weight is 512 g/mol. The molecule has 0 aromatic heterocycles. The van der Waals surface area contributed by atoms with Gasteiger partial charge in [0.15, 0.2) is 4.33 Å². The first-order valence-corrected chi connectivity index (χ1v) is 11.6. The van der Waals surface area contributed by atoms with Crippen LogP contribution in [0.1, 0.15) is 6.42 Å². The molecule has 3 saturated carbocycles. The van der Waals surface area contributed by atoms with E-state index in [9.17, 15) is 9.59 Å². The maximum absolute atomic E-state index is 13.4. The van der Waals surface area contributed by atoms with Crippen molar-refractivity contribution >= 4 is 87.1 Å². The highest BCUT2D eigenvalue weighted by Gasteiger charge is 2.88. The number of rotatable bonds is 1. The second-order valence-electron chi connectivity index (χ2n) is 8.64. The average Bonchev–Trinajstić information content (AvgIpc) is 3.39. The Morgan fingerprint density at radius 2 is 1.24 bits per heavy atom. The van der Waals surface area contributed by atoms with E-state index in [4.69, 9.17) is 69.6 Å². The number of alkyl halides is 4. The number of anilines is 1. The molecule has 0 N–H and O–H groups in total. The van der Waals surface area contributed by atoms with Crippen LogP contribution in [0.25, 0.3) is 0 Å². The molecule has 1 aromatic carbocycles. The lowest BCUT2D eigenvalue weighted by Crippen LogP contribution is -2.46. The molecule has 0 unspecified atom stereocenters. The van der Waals surface area contributed by atoms with Crippen molar-refractivity contribution in [2.45, 2.75) is 20.5 Å². The summed E-state index contributed by atoms with van der Waals surface area (Å²) in [5, 5.41) is 0.311. The minimum atomic E-state index is -1.63. The Kier molecular flexibility index (Phi) is 3.77. The lowest BCUT2D eigenvalue weighted by Gasteiger charge is -2.42. The maximum atomic E-state index is 13.4. The minimum absolute atomic E-state index is 0.155. The van der Waals surface area contributed by atoms with E-state index in [1.54, 1.807) is 24.3 Å². The van der Waals surface area contributed by atoms with Gasteiger partial charge in [-0.15, -0.1) is 23.2 Å². The number of nitrogens with zero attached hydrogens (tertiary/aromatic N) is 1. The molecule has 5 aliphatic rings. The fourth-order valence-electron chi connectivity index (χ4n) is 6.98. The van der Waals surface area contributed by atoms with E-state index in [2.05, 4.69) is 0 Å². The molecule has 1 aromatic rings. The summed E-state index contributed by atoms with van der Waals surface area (Å²) in [6.45, 7) is 0. The van der Waals surface area contributed by atoms with Crippen molar-refractivity contribution in [1.29, 1.82) is 0 Å². The van der Waals surface area contributed by atoms with Crippen LogP contribution in [0.4, 0.5) is 5.69 Å². The van der Waals surface area contributed by atoms with Crippen molar-refractivity contribution in [3.63, 3.8) is 0 Å². The van der Waals surface area contributed by atoms with Crippen molar-refractivity contribution in [3.05, 3.63) is 40.4 Å². The fourth-order valence-corrected chi connectivity index (χ4v) is 10.1. The van der Waals surface area contributed by atoms with Crippen molar-refractivity contribution in [3.8, 4) is 0 Å². The molecule has 1 saturated heterocycles. The molecule has 0 radical (unpaired) electrons. The molecule has 3 nitrogen and oxygen atoms in total. The summed E-state index contributed by atoms with van der Waals surface area (Å²) in [6.07, 6.45) is 0.659. The fraction of sp³-hybridized carbons (Fsp3) is 0.500. The van der Waals surface area contributed by atoms with Crippen molar-refractivity contribution in [1.82, 2.24) is 0 Å². The first-order valence-electron chi connectivity index (χ1n) is 9.34. The lowest BCUT2D eigenvalue weighted by atomic mass is 9.65. The summed E-state index contributed by atoms with van der Waals surface area (Å²) >= 11 is 40.5. The number of hydrogen-bond acceptors (Lipinski definition) is 2. The topological polar surface area (TPSA) is 37.4 Å². The molecule has 4 aliphatic carbocycles. The standard InChI is InChI=1S/C20H13Cl6NO2/c21-14-15(22)19(24)13-9-6-8(12(13)18(14,23)20(19,25)26)10-11(9)17(29)27(16(10)28)7-4-2-1-3-5-7/h1-5,8-13H,6H2/t8-,9-,10-,11-,12+,13+,18-,19-/m0/s1. The van der Waals surface area contributed by atoms with Crippen LogP contribution >= 0.6 is 69.6 Å². The third-order valence-corrected chi connectivity index (χ3v) is 12.1. The van der Waals surface area contributed by atoms with Crippen molar-refractivity contribution in [2.75, 3.05) is 4.90 Å². The Morgan fingerprint density at radius 3 is 1.69 bits per heavy atom. The molecule has 4 fully saturated rings. The van der Waals surface area contributed by atoms with Crippen LogP contribution in [-0.2, 0) is 9.59 Å². The second-order valence-corrected chi connectivity index (χ2v) is 11.9. The zero-order valence-electron chi connectivity index (χ0n) is 14.6. The number of amides is 2. The van der Waals surface area contributed by atoms with Crippen LogP contribution in [0, 0.1) is 35.5 Å². The van der Waals surface area contributed by atoms with E-state index >= 15 is 0 Å². The third-order valence-electron chi connectivity index (χ3n) is 7.85. The van der Waals surface area contributed by atoms with Gasteiger partial charge in [0.05, 0.1) is 27.6 Å². The number of fused-ring (bicyclic) bond motifs is 12. The number of halogens is 6. The van der Waals surface area contributed by atoms with Gasteiger partial charge in [-0.25, -0.2) is 0 Å². The molecule has 4 bridgehead atoms. The predicted octanol–water partition coefficient (Wildman–Crippen LogP) is 5.52. The van der Waals surface area contributed by atoms with Gasteiger partial charge in [0.1, 0.15) is 9.75 Å². The largest absolute Gasteiger partial charge is 0.274 e. The Morgan fingerprint density at radius 1 is 0.793 bits per heavy atom. The number of para-hydroxylation sites is 1. The van der Waals surface area contributed by atoms with Gasteiger partial charge in [0, 0.05) is 0 Å². The number of carbonyl (C=O) groups excluding carboxylic acids is 2. The second kappa shape index (κ2) is 5.60. The van der Waals surface area contributed by atoms with Crippen LogP contribution in [0.15, 0.2) is 40.4 Å². The summed E-state index contributed by atoms with van der Waals surface area (Å²) < 4.78 is -1.63. The molecule has 152 valence electrons. The number of imide groups is 1. The van der Waals surface area contributed by atoms with Gasteiger partial charge in [-0.1, -0.05) is 64.6 Å². The summed E-state index contributed by atoms with van der Waals surface area (Å²) in [5.41, 5.74) is 0.573. The van der Waals surface area contributed by atoms with Gasteiger partial charge in [0.2, 0.25) is 11.8 Å². The molecule has 1 aliphatic heterocycles. The van der Waals surface area contributed by atoms with E-state index in [0.717, 1.165) is 0 Å². The normalized spacial score (nSPS) is 48.7. The zero-order chi connectivity index (χ0) is 20.7. The van der Waals surface area contributed by atoms with E-state index in [0.29, 0.717) is 12.1 Å². The summed E-state index contributed by atoms with van der Waals surface area (Å²) in [7, 11) is 0. The molecule has 2 amide bonds. The molecular weight excluding hydrogens is 499 g/mol. The van der Waals surface area contributed by atoms with Crippen LogP contribution in [-0.4, -0.2) is 25.9 Å². The number of benzene rings is 1. The number of allylic oxidation sites excluding steroid dienone is 2. The predicted molar refractivity (Wildman–Crippen MR) is 115 cm³/mol. The molecular formula is C20H13Cl6NO2. The summed E-state index contributed by atoms with van der Waals surface area (Å²) in [5.74, 6) is -2.39. The van der Waals surface area contributed by atoms with E-state index in [-0.39, 0.29) is 45.6 Å². The van der Waals surface area contributed by atoms with E-state index in [1.165, 1.54) is 4.90 Å². The van der Waals surface area contributed by atoms with Gasteiger partial charge < -0.3 is 0 Å². The SMILES string of the molecule is O=C1[C@H]2[C@@H]3C[C@@H]([C@@H]2C(=O)N1c1ccccc1)[C@@H]1[C@@H]3[C@]2(Cl)C(Cl)=C(Cl)[C@]1(Cl)C2(Cl)Cl. The van der Waals surface area contributed by atoms with Crippen molar-refractivity contribution < 1.29 is 9.59 Å². The summed E-state index contributed by atoms with van der Waals surface area (Å²) in [4.78, 5) is 25.3. The van der Waals surface area contributed by atoms with Gasteiger partial charge in [0.25, 0.3) is 0 Å². The van der Waals surface area contributed by atoms with Crippen LogP contribution in [0.3, 0.4) is 0 Å². The van der Waals surface area contributed by atoms with Gasteiger partial charge in [-0.3, -0.25) is 14.5 Å². The minimum Gasteiger partial charge on any atom is -0.274 e.